The van der Waals surface area contributed by atoms with Crippen LogP contribution in [-0.4, -0.2) is 5.60 Å². The van der Waals surface area contributed by atoms with Gasteiger partial charge in [0, 0.05) is 15.3 Å². The predicted molar refractivity (Wildman–Crippen MR) is 84.1 cm³/mol. The Labute approximate surface area is 133 Å². The van der Waals surface area contributed by atoms with Gasteiger partial charge in [0.15, 0.2) is 11.3 Å². The Balaban J connectivity index is 2.55. The van der Waals surface area contributed by atoms with Gasteiger partial charge >= 0.3 is 0 Å². The second-order valence-electron chi connectivity index (χ2n) is 5.22. The van der Waals surface area contributed by atoms with E-state index < -0.39 is 5.60 Å². The number of thiophene rings is 1. The highest BCUT2D eigenvalue weighted by molar-refractivity contribution is 7.12. The van der Waals surface area contributed by atoms with E-state index >= 15 is 0 Å². The van der Waals surface area contributed by atoms with Gasteiger partial charge in [0.05, 0.1) is 0 Å². The zero-order valence-corrected chi connectivity index (χ0v) is 13.3. The molecular formula is C17H13N3OS. The minimum absolute atomic E-state index is 0.0690. The number of allylic oxidation sites excluding steroid dienone is 2. The van der Waals surface area contributed by atoms with E-state index in [0.717, 1.165) is 4.88 Å². The van der Waals surface area contributed by atoms with E-state index in [1.807, 2.05) is 45.1 Å². The van der Waals surface area contributed by atoms with Gasteiger partial charge in [-0.15, -0.1) is 11.3 Å². The molecule has 0 atom stereocenters. The Hall–Kier alpha value is -2.81. The monoisotopic (exact) mass is 307 g/mol. The van der Waals surface area contributed by atoms with Crippen molar-refractivity contribution in [2.24, 2.45) is 0 Å². The molecule has 0 fully saturated rings. The Bertz CT molecular complexity index is 816. The third-order valence-electron chi connectivity index (χ3n) is 3.24. The van der Waals surface area contributed by atoms with Crippen LogP contribution in [0.5, 0.6) is 0 Å². The summed E-state index contributed by atoms with van der Waals surface area (Å²) in [5, 5.41) is 27.4. The van der Waals surface area contributed by atoms with Crippen molar-refractivity contribution in [1.82, 2.24) is 0 Å². The zero-order chi connectivity index (χ0) is 16.3. The van der Waals surface area contributed by atoms with Gasteiger partial charge in [-0.3, -0.25) is 0 Å². The maximum atomic E-state index is 9.41. The van der Waals surface area contributed by atoms with Crippen molar-refractivity contribution >= 4 is 17.4 Å². The summed E-state index contributed by atoms with van der Waals surface area (Å²) >= 11 is 1.65. The molecule has 1 aliphatic rings. The van der Waals surface area contributed by atoms with Crippen LogP contribution >= 0.6 is 11.3 Å². The van der Waals surface area contributed by atoms with Crippen LogP contribution in [0.1, 0.15) is 23.6 Å². The second-order valence-corrected chi connectivity index (χ2v) is 6.54. The van der Waals surface area contributed by atoms with E-state index in [0.29, 0.717) is 5.57 Å². The van der Waals surface area contributed by atoms with Gasteiger partial charge in [-0.05, 0) is 39.0 Å². The molecule has 22 heavy (non-hydrogen) atoms. The highest BCUT2D eigenvalue weighted by Gasteiger charge is 2.38. The van der Waals surface area contributed by atoms with Gasteiger partial charge in [0.2, 0.25) is 0 Å². The standard InChI is InChI=1S/C17H13N3OS/c1-11-4-5-13(22-11)6-7-15-14(10-20)16(12(8-18)9-19)21-17(15,2)3/h4-7H,1-3H3/b7-6+. The fraction of sp³-hybridized carbons (Fsp3) is 0.235. The average Bonchev–Trinajstić information content (AvgIpc) is 2.99. The second kappa shape index (κ2) is 5.90. The number of nitrogens with zero attached hydrogens (tertiary/aromatic N) is 3. The van der Waals surface area contributed by atoms with Crippen LogP contribution in [0.2, 0.25) is 0 Å². The van der Waals surface area contributed by atoms with Crippen LogP contribution in [-0.2, 0) is 4.74 Å². The van der Waals surface area contributed by atoms with Gasteiger partial charge in [0.1, 0.15) is 29.4 Å². The Morgan fingerprint density at radius 2 is 1.86 bits per heavy atom. The quantitative estimate of drug-likeness (QED) is 0.773. The number of hydrogen-bond donors (Lipinski definition) is 0. The van der Waals surface area contributed by atoms with E-state index in [-0.39, 0.29) is 16.9 Å². The molecule has 1 aromatic heterocycles. The van der Waals surface area contributed by atoms with Gasteiger partial charge in [-0.25, -0.2) is 0 Å². The molecule has 0 amide bonds. The molecule has 4 nitrogen and oxygen atoms in total. The summed E-state index contributed by atoms with van der Waals surface area (Å²) in [5.74, 6) is 0.0690. The number of ether oxygens (including phenoxy) is 1. The first kappa shape index (κ1) is 15.6. The third kappa shape index (κ3) is 2.79. The van der Waals surface area contributed by atoms with E-state index in [1.54, 1.807) is 23.5 Å². The summed E-state index contributed by atoms with van der Waals surface area (Å²) in [4.78, 5) is 2.27. The van der Waals surface area contributed by atoms with Crippen molar-refractivity contribution in [1.29, 1.82) is 15.8 Å². The summed E-state index contributed by atoms with van der Waals surface area (Å²) in [6, 6.07) is 9.64. The summed E-state index contributed by atoms with van der Waals surface area (Å²) in [7, 11) is 0. The van der Waals surface area contributed by atoms with Crippen LogP contribution in [0.4, 0.5) is 0 Å². The van der Waals surface area contributed by atoms with E-state index in [4.69, 9.17) is 15.3 Å². The number of aryl methyl sites for hydroxylation is 1. The Morgan fingerprint density at radius 1 is 1.18 bits per heavy atom. The van der Waals surface area contributed by atoms with Crippen molar-refractivity contribution in [2.45, 2.75) is 26.4 Å². The summed E-state index contributed by atoms with van der Waals surface area (Å²) in [6.45, 7) is 5.64. The minimum Gasteiger partial charge on any atom is -0.480 e. The van der Waals surface area contributed by atoms with Crippen molar-refractivity contribution in [3.8, 4) is 18.2 Å². The zero-order valence-electron chi connectivity index (χ0n) is 12.5. The molecule has 2 rings (SSSR count). The largest absolute Gasteiger partial charge is 0.480 e. The topological polar surface area (TPSA) is 80.6 Å². The van der Waals surface area contributed by atoms with Crippen LogP contribution < -0.4 is 0 Å². The van der Waals surface area contributed by atoms with Crippen molar-refractivity contribution in [2.75, 3.05) is 0 Å². The molecule has 0 unspecified atom stereocenters. The minimum atomic E-state index is -0.762. The number of rotatable bonds is 2. The first-order valence-electron chi connectivity index (χ1n) is 6.56. The molecule has 0 saturated heterocycles. The molecule has 1 aliphatic heterocycles. The lowest BCUT2D eigenvalue weighted by Crippen LogP contribution is -2.20. The predicted octanol–water partition coefficient (Wildman–Crippen LogP) is 4.00. The Morgan fingerprint density at radius 3 is 2.36 bits per heavy atom. The molecule has 0 N–H and O–H groups in total. The van der Waals surface area contributed by atoms with Gasteiger partial charge in [-0.2, -0.15) is 15.8 Å². The maximum absolute atomic E-state index is 9.41. The summed E-state index contributed by atoms with van der Waals surface area (Å²) in [5.41, 5.74) is -0.0334. The smallest absolute Gasteiger partial charge is 0.172 e. The van der Waals surface area contributed by atoms with Crippen molar-refractivity contribution in [3.05, 3.63) is 50.4 Å². The average molecular weight is 307 g/mol. The van der Waals surface area contributed by atoms with Crippen LogP contribution in [0, 0.1) is 40.9 Å². The molecule has 0 aromatic carbocycles. The van der Waals surface area contributed by atoms with Crippen molar-refractivity contribution in [3.63, 3.8) is 0 Å². The molecule has 5 heteroatoms. The lowest BCUT2D eigenvalue weighted by molar-refractivity contribution is 0.0954. The fourth-order valence-corrected chi connectivity index (χ4v) is 2.97. The Kier molecular flexibility index (Phi) is 4.18. The van der Waals surface area contributed by atoms with Crippen LogP contribution in [0.3, 0.4) is 0 Å². The molecular weight excluding hydrogens is 294 g/mol. The van der Waals surface area contributed by atoms with Gasteiger partial charge in [0.25, 0.3) is 0 Å². The van der Waals surface area contributed by atoms with E-state index in [1.165, 1.54) is 4.88 Å². The maximum Gasteiger partial charge on any atom is 0.172 e. The molecule has 2 heterocycles. The molecule has 1 aromatic rings. The highest BCUT2D eigenvalue weighted by Crippen LogP contribution is 2.40. The molecule has 0 radical (unpaired) electrons. The van der Waals surface area contributed by atoms with Crippen LogP contribution in [0.25, 0.3) is 6.08 Å². The van der Waals surface area contributed by atoms with Gasteiger partial charge < -0.3 is 4.74 Å². The third-order valence-corrected chi connectivity index (χ3v) is 4.21. The fourth-order valence-electron chi connectivity index (χ4n) is 2.19. The molecule has 108 valence electrons. The van der Waals surface area contributed by atoms with E-state index in [9.17, 15) is 5.26 Å². The van der Waals surface area contributed by atoms with Crippen molar-refractivity contribution < 1.29 is 4.74 Å². The highest BCUT2D eigenvalue weighted by atomic mass is 32.1. The normalized spacial score (nSPS) is 16.1. The van der Waals surface area contributed by atoms with E-state index in [2.05, 4.69) is 6.07 Å². The lowest BCUT2D eigenvalue weighted by Gasteiger charge is -2.20. The van der Waals surface area contributed by atoms with Gasteiger partial charge in [-0.1, -0.05) is 6.08 Å². The van der Waals surface area contributed by atoms with Crippen LogP contribution in [0.15, 0.2) is 40.7 Å². The SMILES string of the molecule is Cc1ccc(/C=C/C2=C(C#N)C(=C(C#N)C#N)OC2(C)C)s1. The lowest BCUT2D eigenvalue weighted by atomic mass is 9.94. The molecule has 0 spiro atoms. The molecule has 0 aliphatic carbocycles. The summed E-state index contributed by atoms with van der Waals surface area (Å²) < 4.78 is 5.69. The molecule has 0 saturated carbocycles. The first-order valence-corrected chi connectivity index (χ1v) is 7.38. The first-order chi connectivity index (χ1) is 10.4. The number of nitriles is 3. The molecule has 0 bridgehead atoms. The number of hydrogen-bond acceptors (Lipinski definition) is 5. The summed E-state index contributed by atoms with van der Waals surface area (Å²) in [6.07, 6.45) is 3.74.